The Labute approximate surface area is 115 Å². The molecule has 1 aliphatic rings. The maximum absolute atomic E-state index is 4.60. The molecule has 0 bridgehead atoms. The van der Waals surface area contributed by atoms with E-state index in [4.69, 9.17) is 0 Å². The SMILES string of the molecule is CCCNC(Cc1csc(C)n1)C1=CCCCC1. The van der Waals surface area contributed by atoms with Crippen LogP contribution in [0.1, 0.15) is 49.7 Å². The molecule has 1 atom stereocenters. The highest BCUT2D eigenvalue weighted by molar-refractivity contribution is 7.09. The van der Waals surface area contributed by atoms with Crippen LogP contribution in [-0.4, -0.2) is 17.6 Å². The fourth-order valence-electron chi connectivity index (χ4n) is 2.54. The summed E-state index contributed by atoms with van der Waals surface area (Å²) < 4.78 is 0. The van der Waals surface area contributed by atoms with E-state index in [1.807, 2.05) is 0 Å². The van der Waals surface area contributed by atoms with Crippen molar-refractivity contribution in [2.45, 2.75) is 58.4 Å². The lowest BCUT2D eigenvalue weighted by molar-refractivity contribution is 0.523. The molecule has 1 unspecified atom stereocenters. The van der Waals surface area contributed by atoms with Crippen molar-refractivity contribution in [3.05, 3.63) is 27.7 Å². The molecule has 1 aromatic heterocycles. The van der Waals surface area contributed by atoms with Gasteiger partial charge in [-0.15, -0.1) is 11.3 Å². The summed E-state index contributed by atoms with van der Waals surface area (Å²) in [7, 11) is 0. The van der Waals surface area contributed by atoms with Crippen LogP contribution in [0.25, 0.3) is 0 Å². The van der Waals surface area contributed by atoms with Gasteiger partial charge in [0.25, 0.3) is 0 Å². The van der Waals surface area contributed by atoms with Crippen molar-refractivity contribution in [2.24, 2.45) is 0 Å². The maximum atomic E-state index is 4.60. The fourth-order valence-corrected chi connectivity index (χ4v) is 3.17. The molecule has 1 aromatic rings. The first-order valence-corrected chi connectivity index (χ1v) is 8.01. The Balaban J connectivity index is 2.02. The van der Waals surface area contributed by atoms with Gasteiger partial charge < -0.3 is 5.32 Å². The molecule has 3 heteroatoms. The molecular formula is C15H24N2S. The number of aromatic nitrogens is 1. The molecule has 1 N–H and O–H groups in total. The fraction of sp³-hybridized carbons (Fsp3) is 0.667. The summed E-state index contributed by atoms with van der Waals surface area (Å²) in [6, 6.07) is 0.506. The van der Waals surface area contributed by atoms with E-state index in [2.05, 4.69) is 35.6 Å². The maximum Gasteiger partial charge on any atom is 0.0897 e. The standard InChI is InChI=1S/C15H24N2S/c1-3-9-16-15(13-7-5-4-6-8-13)10-14-11-18-12(2)17-14/h7,11,15-16H,3-6,8-10H2,1-2H3. The quantitative estimate of drug-likeness (QED) is 0.789. The molecule has 18 heavy (non-hydrogen) atoms. The Kier molecular flexibility index (Phi) is 5.39. The van der Waals surface area contributed by atoms with Crippen LogP contribution in [0.3, 0.4) is 0 Å². The van der Waals surface area contributed by atoms with Gasteiger partial charge in [-0.25, -0.2) is 4.98 Å². The van der Waals surface area contributed by atoms with Crippen molar-refractivity contribution in [3.8, 4) is 0 Å². The minimum Gasteiger partial charge on any atom is -0.310 e. The second-order valence-electron chi connectivity index (χ2n) is 5.09. The monoisotopic (exact) mass is 264 g/mol. The number of hydrogen-bond acceptors (Lipinski definition) is 3. The molecule has 100 valence electrons. The number of hydrogen-bond donors (Lipinski definition) is 1. The number of aryl methyl sites for hydroxylation is 1. The van der Waals surface area contributed by atoms with E-state index in [0.29, 0.717) is 6.04 Å². The summed E-state index contributed by atoms with van der Waals surface area (Å²) >= 11 is 1.76. The minimum absolute atomic E-state index is 0.506. The van der Waals surface area contributed by atoms with Crippen molar-refractivity contribution < 1.29 is 0 Å². The van der Waals surface area contributed by atoms with Crippen LogP contribution in [0.5, 0.6) is 0 Å². The number of thiazole rings is 1. The molecular weight excluding hydrogens is 240 g/mol. The van der Waals surface area contributed by atoms with Gasteiger partial charge in [-0.05, 0) is 45.6 Å². The molecule has 0 aromatic carbocycles. The summed E-state index contributed by atoms with van der Waals surface area (Å²) in [6.45, 7) is 5.42. The van der Waals surface area contributed by atoms with Gasteiger partial charge in [0.15, 0.2) is 0 Å². The van der Waals surface area contributed by atoms with Gasteiger partial charge in [0.1, 0.15) is 0 Å². The van der Waals surface area contributed by atoms with Gasteiger partial charge in [0.2, 0.25) is 0 Å². The molecule has 1 aliphatic carbocycles. The normalized spacial score (nSPS) is 17.6. The third-order valence-electron chi connectivity index (χ3n) is 3.49. The highest BCUT2D eigenvalue weighted by Crippen LogP contribution is 2.23. The number of nitrogens with zero attached hydrogens (tertiary/aromatic N) is 1. The number of nitrogens with one attached hydrogen (secondary N) is 1. The van der Waals surface area contributed by atoms with E-state index >= 15 is 0 Å². The zero-order valence-electron chi connectivity index (χ0n) is 11.5. The van der Waals surface area contributed by atoms with Crippen LogP contribution in [-0.2, 0) is 6.42 Å². The van der Waals surface area contributed by atoms with Crippen LogP contribution < -0.4 is 5.32 Å². The Morgan fingerprint density at radius 2 is 2.33 bits per heavy atom. The summed E-state index contributed by atoms with van der Waals surface area (Å²) in [5.41, 5.74) is 2.86. The molecule has 0 fully saturated rings. The molecule has 1 heterocycles. The zero-order chi connectivity index (χ0) is 12.8. The van der Waals surface area contributed by atoms with Crippen LogP contribution in [0, 0.1) is 6.92 Å². The molecule has 0 saturated carbocycles. The molecule has 0 aliphatic heterocycles. The van der Waals surface area contributed by atoms with Crippen LogP contribution in [0.4, 0.5) is 0 Å². The van der Waals surface area contributed by atoms with Gasteiger partial charge in [-0.2, -0.15) is 0 Å². The van der Waals surface area contributed by atoms with Crippen molar-refractivity contribution >= 4 is 11.3 Å². The van der Waals surface area contributed by atoms with Crippen molar-refractivity contribution in [1.29, 1.82) is 0 Å². The second-order valence-corrected chi connectivity index (χ2v) is 6.16. The number of allylic oxidation sites excluding steroid dienone is 1. The zero-order valence-corrected chi connectivity index (χ0v) is 12.4. The molecule has 2 rings (SSSR count). The predicted octanol–water partition coefficient (Wildman–Crippen LogP) is 3.86. The third kappa shape index (κ3) is 3.92. The Bertz CT molecular complexity index is 395. The van der Waals surface area contributed by atoms with E-state index in [1.54, 1.807) is 16.9 Å². The summed E-state index contributed by atoms with van der Waals surface area (Å²) in [5, 5.41) is 7.08. The summed E-state index contributed by atoms with van der Waals surface area (Å²) in [4.78, 5) is 4.60. The minimum atomic E-state index is 0.506. The molecule has 0 saturated heterocycles. The number of rotatable bonds is 6. The summed E-state index contributed by atoms with van der Waals surface area (Å²) in [5.74, 6) is 0. The topological polar surface area (TPSA) is 24.9 Å². The molecule has 2 nitrogen and oxygen atoms in total. The summed E-state index contributed by atoms with van der Waals surface area (Å²) in [6.07, 6.45) is 9.94. The van der Waals surface area contributed by atoms with Gasteiger partial charge in [0.05, 0.1) is 10.7 Å². The average Bonchev–Trinajstić information content (AvgIpc) is 2.81. The van der Waals surface area contributed by atoms with Gasteiger partial charge in [-0.1, -0.05) is 18.6 Å². The molecule has 0 amide bonds. The first-order chi connectivity index (χ1) is 8.79. The highest BCUT2D eigenvalue weighted by Gasteiger charge is 2.17. The van der Waals surface area contributed by atoms with Gasteiger partial charge in [-0.3, -0.25) is 0 Å². The largest absolute Gasteiger partial charge is 0.310 e. The molecule has 0 spiro atoms. The van der Waals surface area contributed by atoms with E-state index in [1.165, 1.54) is 42.8 Å². The van der Waals surface area contributed by atoms with Crippen molar-refractivity contribution in [1.82, 2.24) is 10.3 Å². The van der Waals surface area contributed by atoms with Gasteiger partial charge in [0, 0.05) is 17.8 Å². The average molecular weight is 264 g/mol. The Morgan fingerprint density at radius 3 is 2.94 bits per heavy atom. The van der Waals surface area contributed by atoms with Crippen molar-refractivity contribution in [2.75, 3.05) is 6.54 Å². The van der Waals surface area contributed by atoms with E-state index < -0.39 is 0 Å². The first-order valence-electron chi connectivity index (χ1n) is 7.13. The van der Waals surface area contributed by atoms with E-state index in [0.717, 1.165) is 13.0 Å². The third-order valence-corrected chi connectivity index (χ3v) is 4.32. The lowest BCUT2D eigenvalue weighted by Crippen LogP contribution is -2.34. The van der Waals surface area contributed by atoms with E-state index in [9.17, 15) is 0 Å². The van der Waals surface area contributed by atoms with E-state index in [-0.39, 0.29) is 0 Å². The van der Waals surface area contributed by atoms with Crippen LogP contribution >= 0.6 is 11.3 Å². The lowest BCUT2D eigenvalue weighted by atomic mass is 9.91. The van der Waals surface area contributed by atoms with Crippen LogP contribution in [0.15, 0.2) is 17.0 Å². The Hall–Kier alpha value is -0.670. The Morgan fingerprint density at radius 1 is 1.44 bits per heavy atom. The van der Waals surface area contributed by atoms with Crippen molar-refractivity contribution in [3.63, 3.8) is 0 Å². The molecule has 0 radical (unpaired) electrons. The second kappa shape index (κ2) is 7.05. The predicted molar refractivity (Wildman–Crippen MR) is 79.2 cm³/mol. The smallest absolute Gasteiger partial charge is 0.0897 e. The first kappa shape index (κ1) is 13.8. The van der Waals surface area contributed by atoms with Gasteiger partial charge >= 0.3 is 0 Å². The highest BCUT2D eigenvalue weighted by atomic mass is 32.1. The van der Waals surface area contributed by atoms with Crippen LogP contribution in [0.2, 0.25) is 0 Å². The lowest BCUT2D eigenvalue weighted by Gasteiger charge is -2.24.